The molecule has 0 spiro atoms. The summed E-state index contributed by atoms with van der Waals surface area (Å²) in [6.45, 7) is 3.36. The molecule has 5 nitrogen and oxygen atoms in total. The maximum Gasteiger partial charge on any atom is 0.251 e. The van der Waals surface area contributed by atoms with Gasteiger partial charge in [0.1, 0.15) is 0 Å². The molecule has 1 aromatic rings. The van der Waals surface area contributed by atoms with Crippen molar-refractivity contribution in [3.05, 3.63) is 22.1 Å². The molecule has 1 aromatic heterocycles. The highest BCUT2D eigenvalue weighted by atomic mass is 32.2. The van der Waals surface area contributed by atoms with Crippen LogP contribution in [-0.4, -0.2) is 35.2 Å². The van der Waals surface area contributed by atoms with Gasteiger partial charge in [-0.1, -0.05) is 11.8 Å². The first-order valence-corrected chi connectivity index (χ1v) is 6.66. The van der Waals surface area contributed by atoms with Crippen LogP contribution in [0, 0.1) is 6.92 Å². The lowest BCUT2D eigenvalue weighted by molar-refractivity contribution is -0.178. The van der Waals surface area contributed by atoms with E-state index in [-0.39, 0.29) is 11.8 Å². The standard InChI is InChI=1S/C11H16N2O3S/c1-8-7-9(14)13-11(12-8)17-6-3-10-15-4-2-5-16-10/h7,10H,2-6H2,1H3,(H,12,13,14). The van der Waals surface area contributed by atoms with E-state index in [1.165, 1.54) is 17.8 Å². The largest absolute Gasteiger partial charge is 0.353 e. The predicted octanol–water partition coefficient (Wildman–Crippen LogP) is 1.32. The first-order valence-electron chi connectivity index (χ1n) is 5.68. The lowest BCUT2D eigenvalue weighted by Gasteiger charge is -2.22. The molecule has 2 rings (SSSR count). The number of hydrogen-bond acceptors (Lipinski definition) is 5. The van der Waals surface area contributed by atoms with Gasteiger partial charge in [-0.25, -0.2) is 4.98 Å². The Morgan fingerprint density at radius 1 is 1.53 bits per heavy atom. The van der Waals surface area contributed by atoms with Gasteiger partial charge in [0.05, 0.1) is 13.2 Å². The third-order valence-corrected chi connectivity index (χ3v) is 3.24. The zero-order valence-electron chi connectivity index (χ0n) is 9.77. The third kappa shape index (κ3) is 4.14. The number of hydrogen-bond donors (Lipinski definition) is 1. The fourth-order valence-corrected chi connectivity index (χ4v) is 2.46. The summed E-state index contributed by atoms with van der Waals surface area (Å²) in [5.74, 6) is 0.817. The van der Waals surface area contributed by atoms with Crippen molar-refractivity contribution >= 4 is 11.8 Å². The number of nitrogens with one attached hydrogen (secondary N) is 1. The van der Waals surface area contributed by atoms with E-state index in [9.17, 15) is 4.79 Å². The molecule has 0 amide bonds. The van der Waals surface area contributed by atoms with Crippen LogP contribution >= 0.6 is 11.8 Å². The topological polar surface area (TPSA) is 64.2 Å². The SMILES string of the molecule is Cc1cc(=O)[nH]c(SCCC2OCCCO2)n1. The summed E-state index contributed by atoms with van der Waals surface area (Å²) in [5, 5.41) is 0.658. The normalized spacial score (nSPS) is 17.2. The molecule has 0 aliphatic carbocycles. The monoisotopic (exact) mass is 256 g/mol. The molecule has 1 aliphatic heterocycles. The van der Waals surface area contributed by atoms with Crippen molar-refractivity contribution < 1.29 is 9.47 Å². The second kappa shape index (κ2) is 6.18. The van der Waals surface area contributed by atoms with Crippen LogP contribution in [-0.2, 0) is 9.47 Å². The average Bonchev–Trinajstić information content (AvgIpc) is 2.29. The van der Waals surface area contributed by atoms with E-state index < -0.39 is 0 Å². The fraction of sp³-hybridized carbons (Fsp3) is 0.636. The summed E-state index contributed by atoms with van der Waals surface area (Å²) in [6.07, 6.45) is 1.67. The van der Waals surface area contributed by atoms with Crippen LogP contribution in [0.4, 0.5) is 0 Å². The van der Waals surface area contributed by atoms with Crippen LogP contribution < -0.4 is 5.56 Å². The molecule has 0 unspecified atom stereocenters. The van der Waals surface area contributed by atoms with E-state index >= 15 is 0 Å². The lowest BCUT2D eigenvalue weighted by Crippen LogP contribution is -2.25. The Kier molecular flexibility index (Phi) is 4.58. The van der Waals surface area contributed by atoms with Crippen molar-refractivity contribution in [1.82, 2.24) is 9.97 Å². The van der Waals surface area contributed by atoms with Crippen molar-refractivity contribution in [2.45, 2.75) is 31.2 Å². The minimum atomic E-state index is -0.106. The molecular weight excluding hydrogens is 240 g/mol. The highest BCUT2D eigenvalue weighted by Crippen LogP contribution is 2.16. The fourth-order valence-electron chi connectivity index (χ4n) is 1.58. The second-order valence-electron chi connectivity index (χ2n) is 3.85. The van der Waals surface area contributed by atoms with Gasteiger partial charge in [0.25, 0.3) is 5.56 Å². The first kappa shape index (κ1) is 12.6. The maximum atomic E-state index is 11.2. The molecule has 2 heterocycles. The number of rotatable bonds is 4. The number of H-pyrrole nitrogens is 1. The molecule has 1 aliphatic rings. The summed E-state index contributed by atoms with van der Waals surface area (Å²) in [7, 11) is 0. The first-order chi connectivity index (χ1) is 8.24. The predicted molar refractivity (Wildman–Crippen MR) is 65.2 cm³/mol. The minimum absolute atomic E-state index is 0.104. The highest BCUT2D eigenvalue weighted by molar-refractivity contribution is 7.99. The van der Waals surface area contributed by atoms with E-state index in [1.807, 2.05) is 6.92 Å². The molecule has 0 bridgehead atoms. The quantitative estimate of drug-likeness (QED) is 0.650. The maximum absolute atomic E-state index is 11.2. The Balaban J connectivity index is 1.79. The molecule has 17 heavy (non-hydrogen) atoms. The van der Waals surface area contributed by atoms with Crippen molar-refractivity contribution in [2.75, 3.05) is 19.0 Å². The van der Waals surface area contributed by atoms with E-state index in [2.05, 4.69) is 9.97 Å². The molecule has 94 valence electrons. The number of aromatic amines is 1. The molecule has 0 radical (unpaired) electrons. The van der Waals surface area contributed by atoms with Gasteiger partial charge in [0.15, 0.2) is 11.4 Å². The van der Waals surface area contributed by atoms with Gasteiger partial charge in [-0.15, -0.1) is 0 Å². The Morgan fingerprint density at radius 3 is 3.00 bits per heavy atom. The Morgan fingerprint density at radius 2 is 2.29 bits per heavy atom. The molecule has 0 atom stereocenters. The molecule has 1 fully saturated rings. The summed E-state index contributed by atoms with van der Waals surface area (Å²) in [6, 6.07) is 1.48. The molecular formula is C11H16N2O3S. The number of ether oxygens (including phenoxy) is 2. The van der Waals surface area contributed by atoms with E-state index in [0.29, 0.717) is 5.16 Å². The summed E-state index contributed by atoms with van der Waals surface area (Å²) >= 11 is 1.52. The zero-order chi connectivity index (χ0) is 12.1. The van der Waals surface area contributed by atoms with Gasteiger partial charge in [-0.3, -0.25) is 4.79 Å². The van der Waals surface area contributed by atoms with Gasteiger partial charge in [-0.2, -0.15) is 0 Å². The molecule has 0 aromatic carbocycles. The lowest BCUT2D eigenvalue weighted by atomic mass is 10.4. The van der Waals surface area contributed by atoms with E-state index in [4.69, 9.17) is 9.47 Å². The molecule has 6 heteroatoms. The van der Waals surface area contributed by atoms with Gasteiger partial charge in [0.2, 0.25) is 0 Å². The van der Waals surface area contributed by atoms with Crippen LogP contribution in [0.5, 0.6) is 0 Å². The van der Waals surface area contributed by atoms with E-state index in [0.717, 1.165) is 37.5 Å². The van der Waals surface area contributed by atoms with Gasteiger partial charge >= 0.3 is 0 Å². The van der Waals surface area contributed by atoms with Crippen LogP contribution in [0.1, 0.15) is 18.5 Å². The molecule has 0 saturated carbocycles. The van der Waals surface area contributed by atoms with Gasteiger partial charge in [0, 0.05) is 23.9 Å². The van der Waals surface area contributed by atoms with Crippen LogP contribution in [0.2, 0.25) is 0 Å². The Hall–Kier alpha value is -0.850. The van der Waals surface area contributed by atoms with Gasteiger partial charge < -0.3 is 14.5 Å². The summed E-state index contributed by atoms with van der Waals surface area (Å²) in [5.41, 5.74) is 0.631. The summed E-state index contributed by atoms with van der Waals surface area (Å²) < 4.78 is 10.9. The zero-order valence-corrected chi connectivity index (χ0v) is 10.6. The Labute approximate surface area is 104 Å². The average molecular weight is 256 g/mol. The minimum Gasteiger partial charge on any atom is -0.353 e. The second-order valence-corrected chi connectivity index (χ2v) is 4.94. The van der Waals surface area contributed by atoms with Crippen molar-refractivity contribution in [1.29, 1.82) is 0 Å². The number of thioether (sulfide) groups is 1. The van der Waals surface area contributed by atoms with Crippen molar-refractivity contribution in [3.63, 3.8) is 0 Å². The Bertz CT molecular complexity index is 415. The van der Waals surface area contributed by atoms with Crippen LogP contribution in [0.25, 0.3) is 0 Å². The van der Waals surface area contributed by atoms with Crippen LogP contribution in [0.15, 0.2) is 16.0 Å². The van der Waals surface area contributed by atoms with Crippen molar-refractivity contribution in [2.24, 2.45) is 0 Å². The smallest absolute Gasteiger partial charge is 0.251 e. The van der Waals surface area contributed by atoms with Gasteiger partial charge in [-0.05, 0) is 13.3 Å². The third-order valence-electron chi connectivity index (χ3n) is 2.34. The number of aryl methyl sites for hydroxylation is 1. The van der Waals surface area contributed by atoms with Crippen molar-refractivity contribution in [3.8, 4) is 0 Å². The van der Waals surface area contributed by atoms with E-state index in [1.54, 1.807) is 0 Å². The summed E-state index contributed by atoms with van der Waals surface area (Å²) in [4.78, 5) is 18.2. The molecule has 1 saturated heterocycles. The number of aromatic nitrogens is 2. The number of nitrogens with zero attached hydrogens (tertiary/aromatic N) is 1. The molecule has 1 N–H and O–H groups in total. The van der Waals surface area contributed by atoms with Crippen LogP contribution in [0.3, 0.4) is 0 Å². The highest BCUT2D eigenvalue weighted by Gasteiger charge is 2.13.